The van der Waals surface area contributed by atoms with Gasteiger partial charge in [0.05, 0.1) is 4.90 Å². The lowest BCUT2D eigenvalue weighted by Gasteiger charge is -2.32. The SMILES string of the molecule is Cc1ccc(-c2ccc(S(=O)(=O)N3CCCC[C@H]3C)cc2)cc1. The molecule has 0 unspecified atom stereocenters. The van der Waals surface area contributed by atoms with E-state index in [9.17, 15) is 8.42 Å². The highest BCUT2D eigenvalue weighted by molar-refractivity contribution is 7.89. The van der Waals surface area contributed by atoms with Crippen LogP contribution in [-0.2, 0) is 10.0 Å². The van der Waals surface area contributed by atoms with Crippen molar-refractivity contribution in [3.05, 3.63) is 54.1 Å². The lowest BCUT2D eigenvalue weighted by Crippen LogP contribution is -2.41. The van der Waals surface area contributed by atoms with Gasteiger partial charge in [0.2, 0.25) is 10.0 Å². The molecule has 0 saturated carbocycles. The van der Waals surface area contributed by atoms with Crippen LogP contribution in [0, 0.1) is 6.92 Å². The average molecular weight is 329 g/mol. The van der Waals surface area contributed by atoms with Crippen molar-refractivity contribution in [1.29, 1.82) is 0 Å². The fourth-order valence-electron chi connectivity index (χ4n) is 3.13. The van der Waals surface area contributed by atoms with Crippen LogP contribution in [0.2, 0.25) is 0 Å². The number of sulfonamides is 1. The second-order valence-electron chi connectivity index (χ2n) is 6.35. The van der Waals surface area contributed by atoms with Crippen molar-refractivity contribution in [2.24, 2.45) is 0 Å². The average Bonchev–Trinajstić information content (AvgIpc) is 2.56. The van der Waals surface area contributed by atoms with Crippen molar-refractivity contribution in [3.8, 4) is 11.1 Å². The van der Waals surface area contributed by atoms with Gasteiger partial charge in [-0.2, -0.15) is 4.31 Å². The van der Waals surface area contributed by atoms with Gasteiger partial charge in [0, 0.05) is 12.6 Å². The highest BCUT2D eigenvalue weighted by atomic mass is 32.2. The van der Waals surface area contributed by atoms with E-state index in [0.717, 1.165) is 30.4 Å². The normalized spacial score (nSPS) is 19.7. The van der Waals surface area contributed by atoms with Crippen LogP contribution < -0.4 is 0 Å². The Balaban J connectivity index is 1.88. The summed E-state index contributed by atoms with van der Waals surface area (Å²) >= 11 is 0. The maximum atomic E-state index is 12.8. The molecule has 3 rings (SSSR count). The topological polar surface area (TPSA) is 37.4 Å². The van der Waals surface area contributed by atoms with Crippen molar-refractivity contribution < 1.29 is 8.42 Å². The zero-order chi connectivity index (χ0) is 16.4. The van der Waals surface area contributed by atoms with Crippen molar-refractivity contribution in [3.63, 3.8) is 0 Å². The standard InChI is InChI=1S/C19H23NO2S/c1-15-6-8-17(9-7-15)18-10-12-19(13-11-18)23(21,22)20-14-4-3-5-16(20)2/h6-13,16H,3-5,14H2,1-2H3/t16-/m1/s1. The fraction of sp³-hybridized carbons (Fsp3) is 0.368. The van der Waals surface area contributed by atoms with E-state index in [4.69, 9.17) is 0 Å². The van der Waals surface area contributed by atoms with E-state index >= 15 is 0 Å². The monoisotopic (exact) mass is 329 g/mol. The minimum Gasteiger partial charge on any atom is -0.207 e. The Kier molecular flexibility index (Phi) is 4.55. The fourth-order valence-corrected chi connectivity index (χ4v) is 4.83. The lowest BCUT2D eigenvalue weighted by atomic mass is 10.0. The van der Waals surface area contributed by atoms with E-state index in [2.05, 4.69) is 31.2 Å². The van der Waals surface area contributed by atoms with Crippen LogP contribution in [0.5, 0.6) is 0 Å². The van der Waals surface area contributed by atoms with Crippen molar-refractivity contribution in [2.45, 2.75) is 44.0 Å². The van der Waals surface area contributed by atoms with Crippen LogP contribution in [0.3, 0.4) is 0 Å². The Morgan fingerprint density at radius 1 is 0.913 bits per heavy atom. The second kappa shape index (κ2) is 6.46. The van der Waals surface area contributed by atoms with E-state index in [1.54, 1.807) is 16.4 Å². The number of piperidine rings is 1. The van der Waals surface area contributed by atoms with Gasteiger partial charge in [-0.05, 0) is 49.9 Å². The first-order valence-electron chi connectivity index (χ1n) is 8.17. The summed E-state index contributed by atoms with van der Waals surface area (Å²) in [6.45, 7) is 4.68. The molecule has 2 aromatic rings. The third kappa shape index (κ3) is 3.33. The Labute approximate surface area is 139 Å². The summed E-state index contributed by atoms with van der Waals surface area (Å²) in [6.07, 6.45) is 3.01. The van der Waals surface area contributed by atoms with Gasteiger partial charge in [-0.1, -0.05) is 48.4 Å². The minimum atomic E-state index is -3.38. The van der Waals surface area contributed by atoms with Crippen molar-refractivity contribution >= 4 is 10.0 Å². The maximum Gasteiger partial charge on any atom is 0.243 e. The summed E-state index contributed by atoms with van der Waals surface area (Å²) in [5.41, 5.74) is 3.36. The van der Waals surface area contributed by atoms with Gasteiger partial charge in [0.1, 0.15) is 0 Å². The summed E-state index contributed by atoms with van der Waals surface area (Å²) in [6, 6.07) is 15.6. The molecule has 2 aromatic carbocycles. The molecule has 1 saturated heterocycles. The predicted molar refractivity (Wildman–Crippen MR) is 93.8 cm³/mol. The molecule has 0 aliphatic carbocycles. The summed E-state index contributed by atoms with van der Waals surface area (Å²) < 4.78 is 27.3. The second-order valence-corrected chi connectivity index (χ2v) is 8.24. The summed E-state index contributed by atoms with van der Waals surface area (Å²) in [7, 11) is -3.38. The molecule has 0 aromatic heterocycles. The van der Waals surface area contributed by atoms with Gasteiger partial charge in [-0.3, -0.25) is 0 Å². The van der Waals surface area contributed by atoms with Crippen LogP contribution >= 0.6 is 0 Å². The zero-order valence-electron chi connectivity index (χ0n) is 13.7. The highest BCUT2D eigenvalue weighted by Gasteiger charge is 2.30. The molecular formula is C19H23NO2S. The molecule has 0 amide bonds. The van der Waals surface area contributed by atoms with Gasteiger partial charge < -0.3 is 0 Å². The summed E-state index contributed by atoms with van der Waals surface area (Å²) in [5.74, 6) is 0. The Morgan fingerprint density at radius 2 is 1.48 bits per heavy atom. The number of rotatable bonds is 3. The molecule has 1 heterocycles. The van der Waals surface area contributed by atoms with Crippen LogP contribution in [0.15, 0.2) is 53.4 Å². The van der Waals surface area contributed by atoms with Crippen LogP contribution in [0.4, 0.5) is 0 Å². The number of aryl methyl sites for hydroxylation is 1. The van der Waals surface area contributed by atoms with E-state index in [0.29, 0.717) is 11.4 Å². The minimum absolute atomic E-state index is 0.0884. The van der Waals surface area contributed by atoms with Crippen LogP contribution in [-0.4, -0.2) is 25.3 Å². The number of nitrogens with zero attached hydrogens (tertiary/aromatic N) is 1. The van der Waals surface area contributed by atoms with Gasteiger partial charge >= 0.3 is 0 Å². The maximum absolute atomic E-state index is 12.8. The molecule has 1 aliphatic heterocycles. The molecule has 0 N–H and O–H groups in total. The van der Waals surface area contributed by atoms with Gasteiger partial charge in [-0.25, -0.2) is 8.42 Å². The zero-order valence-corrected chi connectivity index (χ0v) is 14.5. The first kappa shape index (κ1) is 16.2. The smallest absolute Gasteiger partial charge is 0.207 e. The Morgan fingerprint density at radius 3 is 2.04 bits per heavy atom. The first-order valence-corrected chi connectivity index (χ1v) is 9.61. The Bertz CT molecular complexity index is 764. The number of benzene rings is 2. The highest BCUT2D eigenvalue weighted by Crippen LogP contribution is 2.27. The van der Waals surface area contributed by atoms with Crippen molar-refractivity contribution in [1.82, 2.24) is 4.31 Å². The Hall–Kier alpha value is -1.65. The molecule has 1 atom stereocenters. The van der Waals surface area contributed by atoms with Gasteiger partial charge in [0.25, 0.3) is 0 Å². The molecule has 1 fully saturated rings. The lowest BCUT2D eigenvalue weighted by molar-refractivity contribution is 0.268. The number of hydrogen-bond acceptors (Lipinski definition) is 2. The summed E-state index contributed by atoms with van der Waals surface area (Å²) in [4.78, 5) is 0.391. The largest absolute Gasteiger partial charge is 0.243 e. The van der Waals surface area contributed by atoms with E-state index in [-0.39, 0.29) is 6.04 Å². The van der Waals surface area contributed by atoms with Gasteiger partial charge in [-0.15, -0.1) is 0 Å². The predicted octanol–water partition coefficient (Wildman–Crippen LogP) is 4.23. The van der Waals surface area contributed by atoms with E-state index < -0.39 is 10.0 Å². The van der Waals surface area contributed by atoms with Crippen LogP contribution in [0.25, 0.3) is 11.1 Å². The third-order valence-corrected chi connectivity index (χ3v) is 6.62. The third-order valence-electron chi connectivity index (χ3n) is 4.59. The molecule has 23 heavy (non-hydrogen) atoms. The molecular weight excluding hydrogens is 306 g/mol. The molecule has 1 aliphatic rings. The van der Waals surface area contributed by atoms with E-state index in [1.807, 2.05) is 19.1 Å². The quantitative estimate of drug-likeness (QED) is 0.845. The molecule has 0 spiro atoms. The van der Waals surface area contributed by atoms with E-state index in [1.165, 1.54) is 5.56 Å². The van der Waals surface area contributed by atoms with Crippen molar-refractivity contribution in [2.75, 3.05) is 6.54 Å². The molecule has 4 heteroatoms. The van der Waals surface area contributed by atoms with Gasteiger partial charge in [0.15, 0.2) is 0 Å². The molecule has 0 bridgehead atoms. The first-order chi connectivity index (χ1) is 11.0. The van der Waals surface area contributed by atoms with Crippen LogP contribution in [0.1, 0.15) is 31.7 Å². The summed E-state index contributed by atoms with van der Waals surface area (Å²) in [5, 5.41) is 0. The molecule has 3 nitrogen and oxygen atoms in total. The molecule has 0 radical (unpaired) electrons. The molecule has 122 valence electrons. The number of hydrogen-bond donors (Lipinski definition) is 0.